The lowest BCUT2D eigenvalue weighted by atomic mass is 10.0. The molecule has 1 N–H and O–H groups in total. The Bertz CT molecular complexity index is 151. The summed E-state index contributed by atoms with van der Waals surface area (Å²) in [5.41, 5.74) is 0. The zero-order valence-electron chi connectivity index (χ0n) is 8.34. The molecule has 2 aliphatic carbocycles. The van der Waals surface area contributed by atoms with Gasteiger partial charge in [-0.15, -0.1) is 0 Å². The van der Waals surface area contributed by atoms with Crippen LogP contribution in [0.4, 0.5) is 0 Å². The van der Waals surface area contributed by atoms with Crippen molar-refractivity contribution < 1.29 is 0 Å². The first-order valence-electron chi connectivity index (χ1n) is 5.48. The van der Waals surface area contributed by atoms with Crippen LogP contribution in [0.15, 0.2) is 0 Å². The van der Waals surface area contributed by atoms with Crippen molar-refractivity contribution in [1.29, 1.82) is 0 Å². The van der Waals surface area contributed by atoms with E-state index in [0.717, 1.165) is 23.8 Å². The molecule has 2 fully saturated rings. The standard InChI is InChI=1S/C11H21N/c1-8-7-10(8)11(12-2)6-5-9-3-4-9/h8-12H,3-7H2,1-2H3. The van der Waals surface area contributed by atoms with E-state index in [1.807, 2.05) is 0 Å². The van der Waals surface area contributed by atoms with Gasteiger partial charge in [-0.2, -0.15) is 0 Å². The summed E-state index contributed by atoms with van der Waals surface area (Å²) < 4.78 is 0. The highest BCUT2D eigenvalue weighted by atomic mass is 14.9. The second kappa shape index (κ2) is 3.37. The number of hydrogen-bond acceptors (Lipinski definition) is 1. The van der Waals surface area contributed by atoms with Crippen molar-refractivity contribution in [3.05, 3.63) is 0 Å². The fourth-order valence-corrected chi connectivity index (χ4v) is 2.31. The van der Waals surface area contributed by atoms with Gasteiger partial charge in [-0.05, 0) is 44.1 Å². The molecule has 3 unspecified atom stereocenters. The quantitative estimate of drug-likeness (QED) is 0.663. The molecule has 1 heteroatoms. The number of nitrogens with one attached hydrogen (secondary N) is 1. The van der Waals surface area contributed by atoms with Crippen molar-refractivity contribution in [2.45, 2.75) is 45.1 Å². The molecule has 0 radical (unpaired) electrons. The lowest BCUT2D eigenvalue weighted by molar-refractivity contribution is 0.429. The van der Waals surface area contributed by atoms with Crippen molar-refractivity contribution in [3.8, 4) is 0 Å². The summed E-state index contributed by atoms with van der Waals surface area (Å²) in [6.07, 6.45) is 7.40. The van der Waals surface area contributed by atoms with Gasteiger partial charge >= 0.3 is 0 Å². The molecule has 0 spiro atoms. The molecule has 0 heterocycles. The van der Waals surface area contributed by atoms with E-state index in [2.05, 4.69) is 19.3 Å². The summed E-state index contributed by atoms with van der Waals surface area (Å²) >= 11 is 0. The molecule has 0 aromatic heterocycles. The minimum Gasteiger partial charge on any atom is -0.317 e. The molecule has 1 nitrogen and oxygen atoms in total. The van der Waals surface area contributed by atoms with Crippen LogP contribution in [-0.4, -0.2) is 13.1 Å². The fraction of sp³-hybridized carbons (Fsp3) is 1.00. The first-order chi connectivity index (χ1) is 5.81. The first-order valence-corrected chi connectivity index (χ1v) is 5.48. The second-order valence-electron chi connectivity index (χ2n) is 4.79. The van der Waals surface area contributed by atoms with E-state index in [-0.39, 0.29) is 0 Å². The van der Waals surface area contributed by atoms with Crippen molar-refractivity contribution >= 4 is 0 Å². The molecule has 2 saturated carbocycles. The Kier molecular flexibility index (Phi) is 2.40. The zero-order valence-corrected chi connectivity index (χ0v) is 8.34. The highest BCUT2D eigenvalue weighted by Crippen LogP contribution is 2.43. The smallest absolute Gasteiger partial charge is 0.00950 e. The Morgan fingerprint density at radius 1 is 1.42 bits per heavy atom. The molecule has 0 aliphatic heterocycles. The molecule has 0 amide bonds. The third-order valence-corrected chi connectivity index (χ3v) is 3.64. The van der Waals surface area contributed by atoms with Gasteiger partial charge in [-0.3, -0.25) is 0 Å². The topological polar surface area (TPSA) is 12.0 Å². The second-order valence-corrected chi connectivity index (χ2v) is 4.79. The van der Waals surface area contributed by atoms with E-state index in [1.165, 1.54) is 32.1 Å². The minimum atomic E-state index is 0.834. The first kappa shape index (κ1) is 8.55. The average molecular weight is 167 g/mol. The van der Waals surface area contributed by atoms with Crippen LogP contribution >= 0.6 is 0 Å². The van der Waals surface area contributed by atoms with Crippen LogP contribution in [0, 0.1) is 17.8 Å². The molecule has 0 aromatic carbocycles. The normalized spacial score (nSPS) is 36.5. The maximum absolute atomic E-state index is 3.48. The Morgan fingerprint density at radius 2 is 2.08 bits per heavy atom. The van der Waals surface area contributed by atoms with Crippen LogP contribution < -0.4 is 5.32 Å². The predicted molar refractivity (Wildman–Crippen MR) is 52.1 cm³/mol. The maximum atomic E-state index is 3.48. The van der Waals surface area contributed by atoms with Crippen LogP contribution in [0.25, 0.3) is 0 Å². The molecule has 0 saturated heterocycles. The summed E-state index contributed by atoms with van der Waals surface area (Å²) in [5, 5.41) is 3.48. The van der Waals surface area contributed by atoms with Crippen LogP contribution in [0.2, 0.25) is 0 Å². The van der Waals surface area contributed by atoms with Gasteiger partial charge in [0.15, 0.2) is 0 Å². The van der Waals surface area contributed by atoms with Crippen molar-refractivity contribution in [3.63, 3.8) is 0 Å². The monoisotopic (exact) mass is 167 g/mol. The molecule has 70 valence electrons. The lowest BCUT2D eigenvalue weighted by Gasteiger charge is -2.15. The third-order valence-electron chi connectivity index (χ3n) is 3.64. The van der Waals surface area contributed by atoms with Crippen LogP contribution in [0.1, 0.15) is 39.0 Å². The summed E-state index contributed by atoms with van der Waals surface area (Å²) in [6.45, 7) is 2.38. The van der Waals surface area contributed by atoms with Gasteiger partial charge in [0.2, 0.25) is 0 Å². The van der Waals surface area contributed by atoms with Gasteiger partial charge in [0.1, 0.15) is 0 Å². The predicted octanol–water partition coefficient (Wildman–Crippen LogP) is 2.42. The average Bonchev–Trinajstić information content (AvgIpc) is 2.91. The van der Waals surface area contributed by atoms with Crippen LogP contribution in [0.3, 0.4) is 0 Å². The van der Waals surface area contributed by atoms with Gasteiger partial charge in [-0.25, -0.2) is 0 Å². The number of hydrogen-bond donors (Lipinski definition) is 1. The molecule has 3 atom stereocenters. The summed E-state index contributed by atoms with van der Waals surface area (Å²) in [7, 11) is 2.13. The summed E-state index contributed by atoms with van der Waals surface area (Å²) in [5.74, 6) is 3.12. The van der Waals surface area contributed by atoms with E-state index in [4.69, 9.17) is 0 Å². The summed E-state index contributed by atoms with van der Waals surface area (Å²) in [4.78, 5) is 0. The van der Waals surface area contributed by atoms with Crippen LogP contribution in [-0.2, 0) is 0 Å². The van der Waals surface area contributed by atoms with Crippen LogP contribution in [0.5, 0.6) is 0 Å². The van der Waals surface area contributed by atoms with E-state index >= 15 is 0 Å². The molecular weight excluding hydrogens is 146 g/mol. The minimum absolute atomic E-state index is 0.834. The Hall–Kier alpha value is -0.0400. The van der Waals surface area contributed by atoms with Gasteiger partial charge in [0.05, 0.1) is 0 Å². The molecule has 0 aromatic rings. The zero-order chi connectivity index (χ0) is 8.55. The van der Waals surface area contributed by atoms with Crippen molar-refractivity contribution in [2.24, 2.45) is 17.8 Å². The van der Waals surface area contributed by atoms with E-state index in [1.54, 1.807) is 0 Å². The Labute approximate surface area is 75.9 Å². The van der Waals surface area contributed by atoms with Gasteiger partial charge in [0, 0.05) is 6.04 Å². The van der Waals surface area contributed by atoms with E-state index in [9.17, 15) is 0 Å². The lowest BCUT2D eigenvalue weighted by Crippen LogP contribution is -2.28. The van der Waals surface area contributed by atoms with E-state index < -0.39 is 0 Å². The Balaban J connectivity index is 1.67. The van der Waals surface area contributed by atoms with E-state index in [0.29, 0.717) is 0 Å². The largest absolute Gasteiger partial charge is 0.317 e. The van der Waals surface area contributed by atoms with Gasteiger partial charge < -0.3 is 5.32 Å². The summed E-state index contributed by atoms with van der Waals surface area (Å²) in [6, 6.07) is 0.834. The number of rotatable bonds is 5. The highest BCUT2D eigenvalue weighted by Gasteiger charge is 2.38. The molecule has 2 aliphatic rings. The molecular formula is C11H21N. The van der Waals surface area contributed by atoms with Crippen molar-refractivity contribution in [2.75, 3.05) is 7.05 Å². The SMILES string of the molecule is CNC(CCC1CC1)C1CC1C. The van der Waals surface area contributed by atoms with Gasteiger partial charge in [-0.1, -0.05) is 19.8 Å². The molecule has 0 bridgehead atoms. The Morgan fingerprint density at radius 3 is 2.50 bits per heavy atom. The third kappa shape index (κ3) is 2.01. The maximum Gasteiger partial charge on any atom is 0.00950 e. The molecule has 2 rings (SSSR count). The molecule has 12 heavy (non-hydrogen) atoms. The van der Waals surface area contributed by atoms with Gasteiger partial charge in [0.25, 0.3) is 0 Å². The fourth-order valence-electron chi connectivity index (χ4n) is 2.31. The van der Waals surface area contributed by atoms with Crippen molar-refractivity contribution in [1.82, 2.24) is 5.32 Å². The highest BCUT2D eigenvalue weighted by molar-refractivity contribution is 4.92.